The molecule has 33 heteroatoms. The van der Waals surface area contributed by atoms with Crippen molar-refractivity contribution in [3.63, 3.8) is 0 Å². The largest absolute Gasteiger partial charge is 0.540 e. The minimum atomic E-state index is -2.91. The molecule has 3 aromatic carbocycles. The Kier molecular flexibility index (Phi) is 35.6. The summed E-state index contributed by atoms with van der Waals surface area (Å²) in [6, 6.07) is 14.1. The molecule has 18 atom stereocenters. The number of carbonyl (C=O) groups excluding carboxylic acids is 9. The van der Waals surface area contributed by atoms with E-state index in [-0.39, 0.29) is 137 Å². The van der Waals surface area contributed by atoms with Gasteiger partial charge in [-0.05, 0) is 147 Å². The summed E-state index contributed by atoms with van der Waals surface area (Å²) in [5.41, 5.74) is 3.43. The number of hydrogen-bond acceptors (Lipinski definition) is 25. The zero-order valence-electron chi connectivity index (χ0n) is 79.4. The molecule has 0 spiro atoms. The van der Waals surface area contributed by atoms with Gasteiger partial charge in [-0.3, -0.25) is 28.8 Å². The van der Waals surface area contributed by atoms with Gasteiger partial charge in [-0.2, -0.15) is 0 Å². The van der Waals surface area contributed by atoms with E-state index in [1.54, 1.807) is 39.4 Å². The molecule has 6 aromatic rings. The van der Waals surface area contributed by atoms with Gasteiger partial charge in [0.25, 0.3) is 5.92 Å². The quantitative estimate of drug-likeness (QED) is 0.0737. The molecule has 132 heavy (non-hydrogen) atoms. The zero-order valence-corrected chi connectivity index (χ0v) is 83.6. The van der Waals surface area contributed by atoms with E-state index in [1.165, 1.54) is 9.80 Å². The van der Waals surface area contributed by atoms with Crippen molar-refractivity contribution in [3.8, 4) is 34.9 Å². The number of rotatable bonds is 9. The third-order valence-electron chi connectivity index (χ3n) is 28.5. The summed E-state index contributed by atoms with van der Waals surface area (Å²) in [6.07, 6.45) is 17.2. The van der Waals surface area contributed by atoms with Gasteiger partial charge in [0.15, 0.2) is 0 Å². The number of esters is 3. The second-order valence-corrected chi connectivity index (χ2v) is 40.6. The first kappa shape index (κ1) is 106. The first-order chi connectivity index (χ1) is 61.3. The molecule has 0 N–H and O–H groups in total. The Balaban J connectivity index is 0.000000203. The average molecular weight is 1940 g/mol. The third kappa shape index (κ3) is 24.5. The number of nitrogens with zero attached hydrogens (tertiary/aromatic N) is 9. The summed E-state index contributed by atoms with van der Waals surface area (Å²) in [4.78, 5) is 152. The fourth-order valence-corrected chi connectivity index (χ4v) is 20.1. The van der Waals surface area contributed by atoms with Crippen LogP contribution in [0, 0.1) is 69.5 Å². The van der Waals surface area contributed by atoms with Crippen molar-refractivity contribution < 1.29 is 155 Å². The number of amides is 3. The maximum Gasteiger partial charge on any atom is 0.307 e. The predicted molar refractivity (Wildman–Crippen MR) is 475 cm³/mol. The average Bonchev–Trinajstić information content (AvgIpc) is 1.60. The molecule has 3 aliphatic carbocycles. The normalized spacial score (nSPS) is 29.7. The molecule has 6 bridgehead atoms. The molecule has 3 saturated heterocycles. The van der Waals surface area contributed by atoms with Crippen LogP contribution in [0.1, 0.15) is 236 Å². The van der Waals surface area contributed by atoms with E-state index >= 15 is 0 Å². The van der Waals surface area contributed by atoms with Gasteiger partial charge in [0.1, 0.15) is 69.9 Å². The SMILES string of the molecule is CC[C@@]12C[C@H]1CCCCCc1nc3ccc(OC)cc3nc1O[C@H]1CN(C(=O)[C@H](C(C)(C)C)CC(=O)O2)[C@H]([C-]=O)[C@@H]1C.COC[C@@]12C[C@H]1CCCCCc1nc3ccc(OC)cc3nc1O[C@H]1CN(C(=O)[C@H](C(C)(C)C)CC(=O)O2)[C@H]([C-]=O)[C@@H]1C.COc1ccc2nc3c(nc2c1)O[C@H]1CN(C(=O)[C@H](C(C)(C)C)CC(=O)O[C@@H]2CC(F)(F)C[C@H]2CCCCC3)[C@H]([C-]=O)[C@@H]1C.[V].[V].[V]. The van der Waals surface area contributed by atoms with Crippen LogP contribution in [0.3, 0.4) is 0 Å². The van der Waals surface area contributed by atoms with E-state index in [1.807, 2.05) is 138 Å². The molecule has 3 amide bonds. The zero-order chi connectivity index (χ0) is 93.0. The number of ether oxygens (including phenoxy) is 10. The molecule has 3 aromatic heterocycles. The number of aromatic nitrogens is 6. The second kappa shape index (κ2) is 44.3. The van der Waals surface area contributed by atoms with E-state index < -0.39 is 130 Å². The van der Waals surface area contributed by atoms with E-state index in [2.05, 4.69) is 19.5 Å². The van der Waals surface area contributed by atoms with Crippen molar-refractivity contribution in [1.82, 2.24) is 44.6 Å². The summed E-state index contributed by atoms with van der Waals surface area (Å²) in [7, 11) is 6.40. The van der Waals surface area contributed by atoms with E-state index in [9.17, 15) is 51.9 Å². The number of aryl methyl sites for hydroxylation is 3. The summed E-state index contributed by atoms with van der Waals surface area (Å²) in [5, 5.41) is 0. The third-order valence-corrected chi connectivity index (χ3v) is 28.5. The van der Waals surface area contributed by atoms with E-state index in [4.69, 9.17) is 77.3 Å². The second-order valence-electron chi connectivity index (χ2n) is 40.6. The van der Waals surface area contributed by atoms with Crippen LogP contribution in [0.15, 0.2) is 54.6 Å². The Hall–Kier alpha value is -8.12. The van der Waals surface area contributed by atoms with Crippen molar-refractivity contribution in [3.05, 3.63) is 71.7 Å². The maximum absolute atomic E-state index is 14.5. The number of fused-ring (bicyclic) bond motifs is 15. The molecule has 28 nitrogen and oxygen atoms in total. The van der Waals surface area contributed by atoms with Crippen LogP contribution in [0.2, 0.25) is 0 Å². The Bertz CT molecular complexity index is 5100. The Labute approximate surface area is 809 Å². The van der Waals surface area contributed by atoms with Crippen LogP contribution >= 0.6 is 0 Å². The molecule has 9 heterocycles. The maximum atomic E-state index is 14.5. The van der Waals surface area contributed by atoms with Crippen LogP contribution in [-0.4, -0.2) is 213 Å². The summed E-state index contributed by atoms with van der Waals surface area (Å²) in [6.45, 7) is 25.6. The van der Waals surface area contributed by atoms with Gasteiger partial charge in [0.05, 0.1) is 118 Å². The molecule has 717 valence electrons. The van der Waals surface area contributed by atoms with Gasteiger partial charge in [0.2, 0.25) is 35.4 Å². The number of hydrogen-bond donors (Lipinski definition) is 0. The molecule has 15 rings (SSSR count). The van der Waals surface area contributed by atoms with Gasteiger partial charge in [-0.25, -0.2) is 57.5 Å². The molecule has 3 radical (unpaired) electrons. The van der Waals surface area contributed by atoms with Gasteiger partial charge in [-0.1, -0.05) is 147 Å². The van der Waals surface area contributed by atoms with Gasteiger partial charge >= 0.3 is 17.9 Å². The van der Waals surface area contributed by atoms with Crippen LogP contribution in [0.5, 0.6) is 34.9 Å². The summed E-state index contributed by atoms with van der Waals surface area (Å²) >= 11 is 0. The van der Waals surface area contributed by atoms with Crippen LogP contribution in [-0.2, 0) is 137 Å². The molecule has 6 aliphatic heterocycles. The van der Waals surface area contributed by atoms with E-state index in [0.717, 1.165) is 106 Å². The van der Waals surface area contributed by atoms with Crippen molar-refractivity contribution in [2.24, 2.45) is 69.5 Å². The van der Waals surface area contributed by atoms with Crippen LogP contribution in [0.4, 0.5) is 8.78 Å². The smallest absolute Gasteiger partial charge is 0.307 e. The van der Waals surface area contributed by atoms with Crippen molar-refractivity contribution in [2.75, 3.05) is 54.7 Å². The van der Waals surface area contributed by atoms with Gasteiger partial charge < -0.3 is 76.5 Å². The Morgan fingerprint density at radius 2 is 0.750 bits per heavy atom. The number of benzene rings is 3. The molecule has 6 fully saturated rings. The molecular formula is C99H130F2N9O19V3-3. The molecule has 3 saturated carbocycles. The monoisotopic (exact) mass is 1940 g/mol. The van der Waals surface area contributed by atoms with Gasteiger partial charge in [0, 0.05) is 112 Å². The Morgan fingerprint density at radius 3 is 1.08 bits per heavy atom. The molecule has 9 aliphatic rings. The minimum Gasteiger partial charge on any atom is -0.540 e. The van der Waals surface area contributed by atoms with Crippen LogP contribution < -0.4 is 28.4 Å². The number of carbonyl (C=O) groups is 6. The van der Waals surface area contributed by atoms with Crippen molar-refractivity contribution >= 4 is 87.6 Å². The molecular weight excluding hydrogens is 1810 g/mol. The fraction of sp³-hybridized carbons (Fsp3) is 0.667. The first-order valence-electron chi connectivity index (χ1n) is 46.4. The number of alkyl halides is 2. The van der Waals surface area contributed by atoms with Crippen molar-refractivity contribution in [2.45, 2.75) is 297 Å². The minimum absolute atomic E-state index is 0. The number of methoxy groups -OCH3 is 4. The Morgan fingerprint density at radius 1 is 0.417 bits per heavy atom. The van der Waals surface area contributed by atoms with Gasteiger partial charge in [-0.15, -0.1) is 0 Å². The fourth-order valence-electron chi connectivity index (χ4n) is 20.1. The molecule has 0 unspecified atom stereocenters. The van der Waals surface area contributed by atoms with Crippen LogP contribution in [0.25, 0.3) is 33.1 Å². The van der Waals surface area contributed by atoms with Crippen molar-refractivity contribution in [1.29, 1.82) is 0 Å². The summed E-state index contributed by atoms with van der Waals surface area (Å²) in [5.74, 6) is -5.30. The standard InChI is InChI=1S/C33H42F2N3O6.C33H44N3O7.C33H44N3O6.3V/c1-19-26(18-39)38-17-28(19)44-30-24(36-23-12-11-21(42-5)13-25(23)37-30)10-8-6-7-9-20-15-33(34,35)16-27(20)43-29(40)14-22(31(38)41)32(2,3)4;1-20-27(18-37)36-17-28(20)42-30-25(34-24-13-12-22(41-6)14-26(24)35-30)11-9-7-8-10-21-16-33(21,19-40-5)43-29(38)15-23(31(36)39)32(2,3)4;1-7-33-17-21(33)11-9-8-10-12-25-30(35-26-15-22(40-6)13-14-24(26)34-25)41-28-18-36(27(19-37)20(28)2)31(39)23(32(3,4)5)16-29(38)42-33;;;/h11-13,19-20,22,26-28H,6-10,14-17H2,1-5H3;12-14,20-21,23,27-28H,7-11,15-17,19H2,1-6H3;13-15,20-21,23,27-28H,7-12,16-18H2,1-6H3;;;/q3*-1;;;/t19-,20+,22+,26+,27+,28-;20-,21+,23+,27+,28-,33-;20-,21+,23+,27+,28-,33+;;;/m000.../s1. The predicted octanol–water partition coefficient (Wildman–Crippen LogP) is 15.1. The van der Waals surface area contributed by atoms with E-state index in [0.29, 0.717) is 107 Å². The topological polar surface area (TPSA) is 333 Å². The summed E-state index contributed by atoms with van der Waals surface area (Å²) < 4.78 is 87.9. The number of halogens is 2. The first-order valence-corrected chi connectivity index (χ1v) is 46.4.